The zero-order valence-corrected chi connectivity index (χ0v) is 12.3. The van der Waals surface area contributed by atoms with Crippen LogP contribution in [0.3, 0.4) is 0 Å². The van der Waals surface area contributed by atoms with Crippen molar-refractivity contribution in [1.82, 2.24) is 14.9 Å². The van der Waals surface area contributed by atoms with Crippen molar-refractivity contribution in [2.24, 2.45) is 0 Å². The fourth-order valence-electron chi connectivity index (χ4n) is 2.60. The van der Waals surface area contributed by atoms with Gasteiger partial charge in [0.15, 0.2) is 0 Å². The number of likely N-dealkylation sites (tertiary alicyclic amines) is 1. The number of nitrogens with zero attached hydrogens (tertiary/aromatic N) is 3. The van der Waals surface area contributed by atoms with Crippen LogP contribution in [0, 0.1) is 6.92 Å². The van der Waals surface area contributed by atoms with E-state index < -0.39 is 0 Å². The van der Waals surface area contributed by atoms with Crippen molar-refractivity contribution in [3.8, 4) is 0 Å². The zero-order valence-electron chi connectivity index (χ0n) is 11.5. The Hall–Kier alpha value is -1.75. The fourth-order valence-corrected chi connectivity index (χ4v) is 3.50. The van der Waals surface area contributed by atoms with E-state index in [1.165, 1.54) is 4.88 Å². The second-order valence-electron chi connectivity index (χ2n) is 5.14. The molecular weight excluding hydrogens is 270 g/mol. The van der Waals surface area contributed by atoms with E-state index in [1.54, 1.807) is 29.8 Å². The van der Waals surface area contributed by atoms with Gasteiger partial charge in [0.1, 0.15) is 0 Å². The van der Waals surface area contributed by atoms with Crippen molar-refractivity contribution < 1.29 is 4.79 Å². The average molecular weight is 287 g/mol. The summed E-state index contributed by atoms with van der Waals surface area (Å²) in [5, 5.41) is 1.16. The van der Waals surface area contributed by atoms with Gasteiger partial charge in [-0.25, -0.2) is 4.98 Å². The number of hydrogen-bond donors (Lipinski definition) is 0. The minimum atomic E-state index is 0.0797. The molecule has 0 N–H and O–H groups in total. The molecule has 0 spiro atoms. The van der Waals surface area contributed by atoms with Crippen molar-refractivity contribution in [3.05, 3.63) is 46.2 Å². The summed E-state index contributed by atoms with van der Waals surface area (Å²) in [6, 6.07) is 3.63. The highest BCUT2D eigenvalue weighted by Gasteiger charge is 2.27. The Kier molecular flexibility index (Phi) is 3.78. The van der Waals surface area contributed by atoms with Crippen molar-refractivity contribution in [2.75, 3.05) is 13.1 Å². The molecular formula is C15H17N3OS. The Morgan fingerprint density at radius 3 is 3.05 bits per heavy atom. The Morgan fingerprint density at radius 1 is 1.45 bits per heavy atom. The summed E-state index contributed by atoms with van der Waals surface area (Å²) in [7, 11) is 0. The Bertz CT molecular complexity index is 596. The maximum atomic E-state index is 12.5. The van der Waals surface area contributed by atoms with Crippen LogP contribution in [0.5, 0.6) is 0 Å². The minimum absolute atomic E-state index is 0.0797. The molecule has 5 heteroatoms. The highest BCUT2D eigenvalue weighted by atomic mass is 32.1. The smallest absolute Gasteiger partial charge is 0.255 e. The molecule has 1 aliphatic rings. The molecule has 1 saturated heterocycles. The summed E-state index contributed by atoms with van der Waals surface area (Å²) in [6.07, 6.45) is 7.40. The van der Waals surface area contributed by atoms with Gasteiger partial charge in [-0.3, -0.25) is 9.78 Å². The average Bonchev–Trinajstić information content (AvgIpc) is 2.94. The summed E-state index contributed by atoms with van der Waals surface area (Å²) in [5.41, 5.74) is 0.670. The van der Waals surface area contributed by atoms with Gasteiger partial charge in [0.2, 0.25) is 0 Å². The zero-order chi connectivity index (χ0) is 13.9. The first-order chi connectivity index (χ1) is 9.74. The van der Waals surface area contributed by atoms with Gasteiger partial charge in [0, 0.05) is 42.5 Å². The van der Waals surface area contributed by atoms with Crippen molar-refractivity contribution in [3.63, 3.8) is 0 Å². The van der Waals surface area contributed by atoms with Crippen LogP contribution in [-0.2, 0) is 0 Å². The van der Waals surface area contributed by atoms with Gasteiger partial charge in [-0.15, -0.1) is 11.3 Å². The van der Waals surface area contributed by atoms with Gasteiger partial charge < -0.3 is 4.90 Å². The first-order valence-corrected chi connectivity index (χ1v) is 7.67. The van der Waals surface area contributed by atoms with Crippen LogP contribution in [0.1, 0.15) is 39.0 Å². The van der Waals surface area contributed by atoms with E-state index in [-0.39, 0.29) is 5.91 Å². The summed E-state index contributed by atoms with van der Waals surface area (Å²) in [4.78, 5) is 24.1. The molecule has 0 bridgehead atoms. The summed E-state index contributed by atoms with van der Waals surface area (Å²) in [5.74, 6) is 0.458. The molecule has 0 radical (unpaired) electrons. The number of pyridine rings is 1. The van der Waals surface area contributed by atoms with E-state index in [1.807, 2.05) is 17.2 Å². The van der Waals surface area contributed by atoms with Crippen LogP contribution in [0.2, 0.25) is 0 Å². The predicted molar refractivity (Wildman–Crippen MR) is 79.0 cm³/mol. The van der Waals surface area contributed by atoms with Crippen LogP contribution in [-0.4, -0.2) is 33.9 Å². The van der Waals surface area contributed by atoms with Crippen LogP contribution < -0.4 is 0 Å². The third kappa shape index (κ3) is 2.72. The van der Waals surface area contributed by atoms with E-state index in [0.717, 1.165) is 30.9 Å². The van der Waals surface area contributed by atoms with E-state index in [0.29, 0.717) is 11.5 Å². The normalized spacial score (nSPS) is 19.1. The first-order valence-electron chi connectivity index (χ1n) is 6.85. The van der Waals surface area contributed by atoms with E-state index in [4.69, 9.17) is 0 Å². The molecule has 1 unspecified atom stereocenters. The van der Waals surface area contributed by atoms with Gasteiger partial charge >= 0.3 is 0 Å². The Balaban J connectivity index is 1.74. The maximum absolute atomic E-state index is 12.5. The number of thiazole rings is 1. The molecule has 2 aromatic heterocycles. The van der Waals surface area contributed by atoms with Crippen LogP contribution in [0.15, 0.2) is 30.7 Å². The van der Waals surface area contributed by atoms with Gasteiger partial charge in [-0.1, -0.05) is 0 Å². The molecule has 3 rings (SSSR count). The maximum Gasteiger partial charge on any atom is 0.255 e. The quantitative estimate of drug-likeness (QED) is 0.853. The molecule has 4 nitrogen and oxygen atoms in total. The van der Waals surface area contributed by atoms with E-state index >= 15 is 0 Å². The number of piperidine rings is 1. The molecule has 1 amide bonds. The van der Waals surface area contributed by atoms with Crippen LogP contribution in [0.4, 0.5) is 0 Å². The topological polar surface area (TPSA) is 46.1 Å². The van der Waals surface area contributed by atoms with Gasteiger partial charge in [-0.2, -0.15) is 0 Å². The SMILES string of the molecule is Cc1cnc(C2CCCN(C(=O)c3cccnc3)C2)s1. The number of rotatable bonds is 2. The summed E-state index contributed by atoms with van der Waals surface area (Å²) in [6.45, 7) is 3.66. The van der Waals surface area contributed by atoms with E-state index in [2.05, 4.69) is 16.9 Å². The third-order valence-corrected chi connectivity index (χ3v) is 4.68. The monoisotopic (exact) mass is 287 g/mol. The molecule has 20 heavy (non-hydrogen) atoms. The third-order valence-electron chi connectivity index (χ3n) is 3.61. The minimum Gasteiger partial charge on any atom is -0.338 e. The number of amides is 1. The molecule has 1 atom stereocenters. The molecule has 104 valence electrons. The summed E-state index contributed by atoms with van der Waals surface area (Å²) >= 11 is 1.74. The molecule has 0 aromatic carbocycles. The standard InChI is InChI=1S/C15H17N3OS/c1-11-8-17-14(20-11)13-5-3-7-18(10-13)15(19)12-4-2-6-16-9-12/h2,4,6,8-9,13H,3,5,7,10H2,1H3. The van der Waals surface area contributed by atoms with Crippen LogP contribution in [0.25, 0.3) is 0 Å². The van der Waals surface area contributed by atoms with Gasteiger partial charge in [0.25, 0.3) is 5.91 Å². The van der Waals surface area contributed by atoms with Gasteiger partial charge in [0.05, 0.1) is 10.6 Å². The lowest BCUT2D eigenvalue weighted by atomic mass is 9.98. The predicted octanol–water partition coefficient (Wildman–Crippen LogP) is 2.87. The molecule has 0 aliphatic carbocycles. The molecule has 0 saturated carbocycles. The van der Waals surface area contributed by atoms with Crippen molar-refractivity contribution >= 4 is 17.2 Å². The van der Waals surface area contributed by atoms with Crippen molar-refractivity contribution in [2.45, 2.75) is 25.7 Å². The number of hydrogen-bond acceptors (Lipinski definition) is 4. The molecule has 1 aliphatic heterocycles. The van der Waals surface area contributed by atoms with Crippen LogP contribution >= 0.6 is 11.3 Å². The van der Waals surface area contributed by atoms with Gasteiger partial charge in [-0.05, 0) is 31.9 Å². The number of aromatic nitrogens is 2. The highest BCUT2D eigenvalue weighted by molar-refractivity contribution is 7.11. The highest BCUT2D eigenvalue weighted by Crippen LogP contribution is 2.30. The lowest BCUT2D eigenvalue weighted by molar-refractivity contribution is 0.0706. The second-order valence-corrected chi connectivity index (χ2v) is 6.41. The first kappa shape index (κ1) is 13.2. The van der Waals surface area contributed by atoms with Crippen molar-refractivity contribution in [1.29, 1.82) is 0 Å². The molecule has 2 aromatic rings. The lowest BCUT2D eigenvalue weighted by Crippen LogP contribution is -2.39. The largest absolute Gasteiger partial charge is 0.338 e. The Labute approximate surface area is 122 Å². The number of carbonyl (C=O) groups excluding carboxylic acids is 1. The van der Waals surface area contributed by atoms with E-state index in [9.17, 15) is 4.79 Å². The second kappa shape index (κ2) is 5.71. The number of aryl methyl sites for hydroxylation is 1. The number of carbonyl (C=O) groups is 1. The lowest BCUT2D eigenvalue weighted by Gasteiger charge is -2.31. The fraction of sp³-hybridized carbons (Fsp3) is 0.400. The Morgan fingerprint density at radius 2 is 2.35 bits per heavy atom. The summed E-state index contributed by atoms with van der Waals surface area (Å²) < 4.78 is 0. The molecule has 1 fully saturated rings. The molecule has 3 heterocycles.